The topological polar surface area (TPSA) is 95.5 Å². The normalized spacial score (nSPS) is 15.6. The van der Waals surface area contributed by atoms with Crippen LogP contribution in [0.1, 0.15) is 10.4 Å². The van der Waals surface area contributed by atoms with Crippen LogP contribution in [0.2, 0.25) is 0 Å². The summed E-state index contributed by atoms with van der Waals surface area (Å²) in [6, 6.07) is 7.56. The molecular weight excluding hydrogens is 334 g/mol. The van der Waals surface area contributed by atoms with E-state index in [0.29, 0.717) is 23.5 Å². The number of benzene rings is 1. The maximum absolute atomic E-state index is 12.3. The number of nitrogen functional groups attached to an aromatic ring is 1. The SMILES string of the molecule is COC(=O)c1c(N)n(CCN2CCOCC2)c2nc3ccccc3nc12. The fourth-order valence-corrected chi connectivity index (χ4v) is 3.31. The van der Waals surface area contributed by atoms with Gasteiger partial charge in [-0.05, 0) is 12.1 Å². The summed E-state index contributed by atoms with van der Waals surface area (Å²) in [5.74, 6) is -0.155. The van der Waals surface area contributed by atoms with Crippen LogP contribution in [0.15, 0.2) is 24.3 Å². The number of esters is 1. The number of nitrogens with two attached hydrogens (primary N) is 1. The first kappa shape index (κ1) is 16.7. The second kappa shape index (κ2) is 6.89. The average Bonchev–Trinajstić information content (AvgIpc) is 2.95. The molecule has 3 aromatic rings. The highest BCUT2D eigenvalue weighted by molar-refractivity contribution is 6.08. The predicted octanol–water partition coefficient (Wildman–Crippen LogP) is 1.29. The third-order valence-electron chi connectivity index (χ3n) is 4.72. The van der Waals surface area contributed by atoms with Gasteiger partial charge >= 0.3 is 5.97 Å². The van der Waals surface area contributed by atoms with Crippen LogP contribution in [-0.2, 0) is 16.0 Å². The number of aromatic nitrogens is 3. The number of fused-ring (bicyclic) bond motifs is 2. The van der Waals surface area contributed by atoms with Gasteiger partial charge in [0.25, 0.3) is 0 Å². The number of hydrogen-bond acceptors (Lipinski definition) is 7. The van der Waals surface area contributed by atoms with Crippen molar-refractivity contribution in [1.29, 1.82) is 0 Å². The Labute approximate surface area is 150 Å². The van der Waals surface area contributed by atoms with E-state index in [1.165, 1.54) is 7.11 Å². The molecule has 1 aromatic carbocycles. The standard InChI is InChI=1S/C18H21N5O3/c1-25-18(24)14-15-17(21-13-5-3-2-4-12(13)20-15)23(16(14)19)7-6-22-8-10-26-11-9-22/h2-5H,6-11,19H2,1H3. The maximum Gasteiger partial charge on any atom is 0.343 e. The monoisotopic (exact) mass is 355 g/mol. The van der Waals surface area contributed by atoms with Gasteiger partial charge in [0, 0.05) is 26.2 Å². The molecule has 0 aliphatic carbocycles. The molecule has 2 N–H and O–H groups in total. The van der Waals surface area contributed by atoms with Crippen LogP contribution in [0.3, 0.4) is 0 Å². The van der Waals surface area contributed by atoms with Crippen molar-refractivity contribution < 1.29 is 14.3 Å². The highest BCUT2D eigenvalue weighted by atomic mass is 16.5. The Bertz CT molecular complexity index is 962. The molecule has 8 nitrogen and oxygen atoms in total. The van der Waals surface area contributed by atoms with Gasteiger partial charge in [-0.3, -0.25) is 4.90 Å². The second-order valence-electron chi connectivity index (χ2n) is 6.24. The lowest BCUT2D eigenvalue weighted by Crippen LogP contribution is -2.38. The minimum absolute atomic E-state index is 0.280. The van der Waals surface area contributed by atoms with Crippen molar-refractivity contribution in [3.63, 3.8) is 0 Å². The highest BCUT2D eigenvalue weighted by Gasteiger charge is 2.24. The molecule has 0 spiro atoms. The molecule has 2 aromatic heterocycles. The van der Waals surface area contributed by atoms with Crippen LogP contribution in [0.4, 0.5) is 5.82 Å². The average molecular weight is 355 g/mol. The Hall–Kier alpha value is -2.71. The molecule has 136 valence electrons. The summed E-state index contributed by atoms with van der Waals surface area (Å²) >= 11 is 0. The van der Waals surface area contributed by atoms with E-state index in [4.69, 9.17) is 20.2 Å². The number of nitrogens with zero attached hydrogens (tertiary/aromatic N) is 4. The van der Waals surface area contributed by atoms with Gasteiger partial charge in [-0.1, -0.05) is 12.1 Å². The minimum atomic E-state index is -0.498. The summed E-state index contributed by atoms with van der Waals surface area (Å²) in [6.45, 7) is 4.66. The van der Waals surface area contributed by atoms with Gasteiger partial charge in [0.1, 0.15) is 16.9 Å². The molecule has 0 unspecified atom stereocenters. The molecule has 0 amide bonds. The lowest BCUT2D eigenvalue weighted by molar-refractivity contribution is 0.0366. The third-order valence-corrected chi connectivity index (χ3v) is 4.72. The van der Waals surface area contributed by atoms with Crippen LogP contribution in [0.25, 0.3) is 22.2 Å². The van der Waals surface area contributed by atoms with E-state index in [2.05, 4.69) is 9.88 Å². The fourth-order valence-electron chi connectivity index (χ4n) is 3.31. The molecule has 0 bridgehead atoms. The number of methoxy groups -OCH3 is 1. The van der Waals surface area contributed by atoms with Gasteiger partial charge in [0.15, 0.2) is 5.65 Å². The van der Waals surface area contributed by atoms with Crippen molar-refractivity contribution in [1.82, 2.24) is 19.4 Å². The Morgan fingerprint density at radius 1 is 1.19 bits per heavy atom. The lowest BCUT2D eigenvalue weighted by atomic mass is 10.2. The van der Waals surface area contributed by atoms with Crippen LogP contribution in [0.5, 0.6) is 0 Å². The lowest BCUT2D eigenvalue weighted by Gasteiger charge is -2.26. The van der Waals surface area contributed by atoms with Crippen molar-refractivity contribution in [3.05, 3.63) is 29.8 Å². The predicted molar refractivity (Wildman–Crippen MR) is 98.0 cm³/mol. The van der Waals surface area contributed by atoms with E-state index < -0.39 is 5.97 Å². The zero-order chi connectivity index (χ0) is 18.1. The molecule has 1 aliphatic heterocycles. The molecule has 3 heterocycles. The molecular formula is C18H21N5O3. The summed E-state index contributed by atoms with van der Waals surface area (Å²) < 4.78 is 12.2. The summed E-state index contributed by atoms with van der Waals surface area (Å²) in [5.41, 5.74) is 9.16. The van der Waals surface area contributed by atoms with E-state index >= 15 is 0 Å². The molecule has 0 radical (unpaired) electrons. The number of para-hydroxylation sites is 2. The van der Waals surface area contributed by atoms with Gasteiger partial charge in [-0.2, -0.15) is 0 Å². The van der Waals surface area contributed by atoms with Crippen molar-refractivity contribution in [2.45, 2.75) is 6.54 Å². The van der Waals surface area contributed by atoms with Gasteiger partial charge in [0.05, 0.1) is 31.4 Å². The minimum Gasteiger partial charge on any atom is -0.465 e. The zero-order valence-corrected chi connectivity index (χ0v) is 14.6. The van der Waals surface area contributed by atoms with Crippen molar-refractivity contribution in [2.75, 3.05) is 45.7 Å². The summed E-state index contributed by atoms with van der Waals surface area (Å²) in [7, 11) is 1.34. The first-order valence-corrected chi connectivity index (χ1v) is 8.62. The van der Waals surface area contributed by atoms with E-state index in [0.717, 1.165) is 43.9 Å². The summed E-state index contributed by atoms with van der Waals surface area (Å²) in [5, 5.41) is 0. The number of ether oxygens (including phenoxy) is 2. The Morgan fingerprint density at radius 3 is 2.58 bits per heavy atom. The quantitative estimate of drug-likeness (QED) is 0.705. The molecule has 8 heteroatoms. The van der Waals surface area contributed by atoms with Gasteiger partial charge < -0.3 is 19.8 Å². The van der Waals surface area contributed by atoms with Crippen LogP contribution in [-0.4, -0.2) is 65.4 Å². The number of anilines is 1. The molecule has 1 aliphatic rings. The Balaban J connectivity index is 1.80. The van der Waals surface area contributed by atoms with E-state index in [1.807, 2.05) is 28.8 Å². The molecule has 4 rings (SSSR count). The summed E-state index contributed by atoms with van der Waals surface area (Å²) in [6.07, 6.45) is 0. The third kappa shape index (κ3) is 2.87. The van der Waals surface area contributed by atoms with E-state index in [-0.39, 0.29) is 5.56 Å². The van der Waals surface area contributed by atoms with Crippen molar-refractivity contribution >= 4 is 34.0 Å². The number of carbonyl (C=O) groups is 1. The zero-order valence-electron chi connectivity index (χ0n) is 14.6. The maximum atomic E-state index is 12.3. The summed E-state index contributed by atoms with van der Waals surface area (Å²) in [4.78, 5) is 23.9. The van der Waals surface area contributed by atoms with Crippen LogP contribution < -0.4 is 5.73 Å². The second-order valence-corrected chi connectivity index (χ2v) is 6.24. The van der Waals surface area contributed by atoms with Crippen LogP contribution in [0, 0.1) is 0 Å². The number of rotatable bonds is 4. The first-order valence-electron chi connectivity index (χ1n) is 8.62. The van der Waals surface area contributed by atoms with E-state index in [9.17, 15) is 4.79 Å². The van der Waals surface area contributed by atoms with E-state index in [1.54, 1.807) is 0 Å². The fraction of sp³-hybridized carbons (Fsp3) is 0.389. The Kier molecular flexibility index (Phi) is 4.44. The van der Waals surface area contributed by atoms with Gasteiger partial charge in [0.2, 0.25) is 0 Å². The number of morpholine rings is 1. The van der Waals surface area contributed by atoms with Gasteiger partial charge in [-0.25, -0.2) is 14.8 Å². The molecule has 0 saturated carbocycles. The van der Waals surface area contributed by atoms with Crippen molar-refractivity contribution in [3.8, 4) is 0 Å². The molecule has 1 saturated heterocycles. The Morgan fingerprint density at radius 2 is 1.88 bits per heavy atom. The molecule has 26 heavy (non-hydrogen) atoms. The van der Waals surface area contributed by atoms with Gasteiger partial charge in [-0.15, -0.1) is 0 Å². The molecule has 0 atom stereocenters. The smallest absolute Gasteiger partial charge is 0.343 e. The number of hydrogen-bond donors (Lipinski definition) is 1. The first-order chi connectivity index (χ1) is 12.7. The van der Waals surface area contributed by atoms with Crippen LogP contribution >= 0.6 is 0 Å². The molecule has 1 fully saturated rings. The highest BCUT2D eigenvalue weighted by Crippen LogP contribution is 2.28. The number of carbonyl (C=O) groups excluding carboxylic acids is 1. The van der Waals surface area contributed by atoms with Crippen molar-refractivity contribution in [2.24, 2.45) is 0 Å². The largest absolute Gasteiger partial charge is 0.465 e.